The number of anilines is 1. The fourth-order valence-electron chi connectivity index (χ4n) is 1.14. The molecule has 1 aromatic rings. The SMILES string of the molecule is CC(C)(C)CC(=O)Nc1cc(Cl)ccn1. The van der Waals surface area contributed by atoms with E-state index in [1.165, 1.54) is 0 Å². The molecule has 4 heteroatoms. The van der Waals surface area contributed by atoms with Crippen molar-refractivity contribution in [2.45, 2.75) is 27.2 Å². The molecule has 0 bridgehead atoms. The maximum Gasteiger partial charge on any atom is 0.226 e. The molecule has 0 aliphatic carbocycles. The smallest absolute Gasteiger partial charge is 0.226 e. The molecule has 82 valence electrons. The molecule has 0 saturated carbocycles. The second-order valence-corrected chi connectivity index (χ2v) is 5.08. The molecular formula is C11H15ClN2O. The van der Waals surface area contributed by atoms with Gasteiger partial charge in [-0.3, -0.25) is 4.79 Å². The van der Waals surface area contributed by atoms with Crippen LogP contribution in [0.25, 0.3) is 0 Å². The fraction of sp³-hybridized carbons (Fsp3) is 0.455. The standard InChI is InChI=1S/C11H15ClN2O/c1-11(2,3)7-10(15)14-9-6-8(12)4-5-13-9/h4-6H,7H2,1-3H3,(H,13,14,15). The van der Waals surface area contributed by atoms with Crippen molar-refractivity contribution in [3.05, 3.63) is 23.4 Å². The van der Waals surface area contributed by atoms with E-state index in [1.54, 1.807) is 18.3 Å². The lowest BCUT2D eigenvalue weighted by Crippen LogP contribution is -2.20. The van der Waals surface area contributed by atoms with Crippen LogP contribution in [-0.4, -0.2) is 10.9 Å². The average molecular weight is 227 g/mol. The predicted octanol–water partition coefficient (Wildman–Crippen LogP) is 3.11. The van der Waals surface area contributed by atoms with Crippen molar-refractivity contribution in [3.8, 4) is 0 Å². The molecule has 0 unspecified atom stereocenters. The van der Waals surface area contributed by atoms with Gasteiger partial charge in [-0.05, 0) is 17.5 Å². The highest BCUT2D eigenvalue weighted by Crippen LogP contribution is 2.19. The summed E-state index contributed by atoms with van der Waals surface area (Å²) in [6.07, 6.45) is 2.02. The van der Waals surface area contributed by atoms with E-state index < -0.39 is 0 Å². The van der Waals surface area contributed by atoms with Gasteiger partial charge in [-0.2, -0.15) is 0 Å². The van der Waals surface area contributed by atoms with E-state index in [9.17, 15) is 4.79 Å². The maximum absolute atomic E-state index is 11.5. The summed E-state index contributed by atoms with van der Waals surface area (Å²) in [5, 5.41) is 3.27. The van der Waals surface area contributed by atoms with Gasteiger partial charge in [0.25, 0.3) is 0 Å². The normalized spacial score (nSPS) is 11.2. The second-order valence-electron chi connectivity index (χ2n) is 4.64. The third-order valence-corrected chi connectivity index (χ3v) is 1.92. The lowest BCUT2D eigenvalue weighted by atomic mass is 9.92. The molecule has 0 radical (unpaired) electrons. The van der Waals surface area contributed by atoms with Gasteiger partial charge in [0, 0.05) is 17.6 Å². The number of rotatable bonds is 2. The number of hydrogen-bond donors (Lipinski definition) is 1. The molecule has 1 amide bonds. The highest BCUT2D eigenvalue weighted by atomic mass is 35.5. The molecule has 0 atom stereocenters. The predicted molar refractivity (Wildman–Crippen MR) is 61.9 cm³/mol. The number of carbonyl (C=O) groups excluding carboxylic acids is 1. The van der Waals surface area contributed by atoms with Crippen molar-refractivity contribution in [1.82, 2.24) is 4.98 Å². The second kappa shape index (κ2) is 4.62. The van der Waals surface area contributed by atoms with Crippen LogP contribution in [0, 0.1) is 5.41 Å². The van der Waals surface area contributed by atoms with Crippen molar-refractivity contribution in [1.29, 1.82) is 0 Å². The van der Waals surface area contributed by atoms with Crippen LogP contribution in [0.1, 0.15) is 27.2 Å². The number of aromatic nitrogens is 1. The van der Waals surface area contributed by atoms with E-state index in [-0.39, 0.29) is 11.3 Å². The topological polar surface area (TPSA) is 42.0 Å². The van der Waals surface area contributed by atoms with Crippen molar-refractivity contribution in [2.24, 2.45) is 5.41 Å². The first-order valence-corrected chi connectivity index (χ1v) is 5.16. The summed E-state index contributed by atoms with van der Waals surface area (Å²) in [4.78, 5) is 15.5. The van der Waals surface area contributed by atoms with Gasteiger partial charge in [0.15, 0.2) is 0 Å². The minimum atomic E-state index is -0.0442. The minimum Gasteiger partial charge on any atom is -0.311 e. The Labute approximate surface area is 94.9 Å². The molecule has 1 rings (SSSR count). The van der Waals surface area contributed by atoms with Crippen molar-refractivity contribution >= 4 is 23.3 Å². The van der Waals surface area contributed by atoms with Crippen LogP contribution in [0.5, 0.6) is 0 Å². The van der Waals surface area contributed by atoms with E-state index in [0.29, 0.717) is 17.3 Å². The molecule has 0 saturated heterocycles. The third-order valence-electron chi connectivity index (χ3n) is 1.68. The Kier molecular flexibility index (Phi) is 3.69. The Hall–Kier alpha value is -1.09. The van der Waals surface area contributed by atoms with E-state index in [2.05, 4.69) is 10.3 Å². The zero-order chi connectivity index (χ0) is 11.5. The quantitative estimate of drug-likeness (QED) is 0.842. The van der Waals surface area contributed by atoms with Crippen molar-refractivity contribution in [3.63, 3.8) is 0 Å². The third kappa shape index (κ3) is 4.79. The number of amides is 1. The van der Waals surface area contributed by atoms with Gasteiger partial charge in [-0.25, -0.2) is 4.98 Å². The molecule has 1 N–H and O–H groups in total. The van der Waals surface area contributed by atoms with Gasteiger partial charge >= 0.3 is 0 Å². The molecule has 0 spiro atoms. The summed E-state index contributed by atoms with van der Waals surface area (Å²) in [6.45, 7) is 6.04. The summed E-state index contributed by atoms with van der Waals surface area (Å²) < 4.78 is 0. The molecule has 0 fully saturated rings. The lowest BCUT2D eigenvalue weighted by molar-refractivity contribution is -0.117. The van der Waals surface area contributed by atoms with Gasteiger partial charge in [0.05, 0.1) is 0 Å². The van der Waals surface area contributed by atoms with Crippen LogP contribution < -0.4 is 5.32 Å². The minimum absolute atomic E-state index is 0.0251. The number of nitrogens with one attached hydrogen (secondary N) is 1. The van der Waals surface area contributed by atoms with Crippen LogP contribution in [0.2, 0.25) is 5.02 Å². The van der Waals surface area contributed by atoms with Gasteiger partial charge in [-0.15, -0.1) is 0 Å². The van der Waals surface area contributed by atoms with Crippen molar-refractivity contribution < 1.29 is 4.79 Å². The van der Waals surface area contributed by atoms with E-state index in [1.807, 2.05) is 20.8 Å². The molecule has 0 aliphatic rings. The van der Waals surface area contributed by atoms with Crippen LogP contribution in [0.4, 0.5) is 5.82 Å². The van der Waals surface area contributed by atoms with Crippen LogP contribution in [0.15, 0.2) is 18.3 Å². The first-order chi connectivity index (χ1) is 6.87. The molecule has 0 aromatic carbocycles. The van der Waals surface area contributed by atoms with E-state index in [0.717, 1.165) is 0 Å². The van der Waals surface area contributed by atoms with E-state index >= 15 is 0 Å². The Morgan fingerprint density at radius 2 is 2.20 bits per heavy atom. The highest BCUT2D eigenvalue weighted by molar-refractivity contribution is 6.30. The Bertz CT molecular complexity index is 358. The largest absolute Gasteiger partial charge is 0.311 e. The number of hydrogen-bond acceptors (Lipinski definition) is 2. The molecule has 1 heterocycles. The summed E-state index contributed by atoms with van der Waals surface area (Å²) in [7, 11) is 0. The summed E-state index contributed by atoms with van der Waals surface area (Å²) >= 11 is 5.77. The average Bonchev–Trinajstić information content (AvgIpc) is 1.99. The van der Waals surface area contributed by atoms with Crippen molar-refractivity contribution in [2.75, 3.05) is 5.32 Å². The first-order valence-electron chi connectivity index (χ1n) is 4.78. The van der Waals surface area contributed by atoms with Gasteiger partial charge in [-0.1, -0.05) is 32.4 Å². The lowest BCUT2D eigenvalue weighted by Gasteiger charge is -2.16. The molecule has 1 aromatic heterocycles. The molecule has 0 aliphatic heterocycles. The summed E-state index contributed by atoms with van der Waals surface area (Å²) in [6, 6.07) is 3.29. The Morgan fingerprint density at radius 1 is 1.53 bits per heavy atom. The Balaban J connectivity index is 2.59. The molecule has 15 heavy (non-hydrogen) atoms. The zero-order valence-electron chi connectivity index (χ0n) is 9.17. The van der Waals surface area contributed by atoms with Gasteiger partial charge in [0.2, 0.25) is 5.91 Å². The zero-order valence-corrected chi connectivity index (χ0v) is 9.93. The van der Waals surface area contributed by atoms with E-state index in [4.69, 9.17) is 11.6 Å². The number of halogens is 1. The van der Waals surface area contributed by atoms with Gasteiger partial charge in [0.1, 0.15) is 5.82 Å². The number of pyridine rings is 1. The fourth-order valence-corrected chi connectivity index (χ4v) is 1.30. The first kappa shape index (κ1) is 12.0. The maximum atomic E-state index is 11.5. The van der Waals surface area contributed by atoms with Crippen LogP contribution in [0.3, 0.4) is 0 Å². The Morgan fingerprint density at radius 3 is 2.73 bits per heavy atom. The summed E-state index contributed by atoms with van der Waals surface area (Å²) in [5.41, 5.74) is -0.0251. The molecular weight excluding hydrogens is 212 g/mol. The highest BCUT2D eigenvalue weighted by Gasteiger charge is 2.16. The van der Waals surface area contributed by atoms with Crippen LogP contribution >= 0.6 is 11.6 Å². The number of nitrogens with zero attached hydrogens (tertiary/aromatic N) is 1. The monoisotopic (exact) mass is 226 g/mol. The van der Waals surface area contributed by atoms with Gasteiger partial charge < -0.3 is 5.32 Å². The molecule has 3 nitrogen and oxygen atoms in total. The summed E-state index contributed by atoms with van der Waals surface area (Å²) in [5.74, 6) is 0.453. The number of carbonyl (C=O) groups is 1. The van der Waals surface area contributed by atoms with Crippen LogP contribution in [-0.2, 0) is 4.79 Å².